The molecule has 0 rings (SSSR count). The molecule has 0 aliphatic heterocycles. The standard InChI is InChI=1S/C32H63NO6S/c1-4-7-10-11-12-13-14-15-16-17-18-19-20-21-22-24-27-33(26-23-8-5-2)31(34)29-30(40(36,37)38)32(35)39-28-25-9-6-3/h30H,4-29H2,1-3H3,(H,36,37,38). The summed E-state index contributed by atoms with van der Waals surface area (Å²) >= 11 is 0. The van der Waals surface area contributed by atoms with E-state index in [1.165, 1.54) is 83.5 Å². The molecule has 7 nitrogen and oxygen atoms in total. The zero-order valence-corrected chi connectivity index (χ0v) is 27.1. The minimum atomic E-state index is -4.73. The van der Waals surface area contributed by atoms with Gasteiger partial charge >= 0.3 is 5.97 Å². The Morgan fingerprint density at radius 2 is 0.950 bits per heavy atom. The molecule has 0 heterocycles. The molecule has 238 valence electrons. The third kappa shape index (κ3) is 22.5. The third-order valence-corrected chi connectivity index (χ3v) is 8.72. The second-order valence-corrected chi connectivity index (χ2v) is 13.1. The van der Waals surface area contributed by atoms with Gasteiger partial charge in [-0.3, -0.25) is 14.1 Å². The maximum atomic E-state index is 13.0. The van der Waals surface area contributed by atoms with Crippen LogP contribution in [0.3, 0.4) is 0 Å². The lowest BCUT2D eigenvalue weighted by Gasteiger charge is -2.24. The van der Waals surface area contributed by atoms with E-state index in [-0.39, 0.29) is 6.61 Å². The Morgan fingerprint density at radius 3 is 1.38 bits per heavy atom. The molecule has 0 aliphatic rings. The van der Waals surface area contributed by atoms with Crippen LogP contribution in [0.2, 0.25) is 0 Å². The first-order valence-electron chi connectivity index (χ1n) is 16.7. The molecule has 0 radical (unpaired) electrons. The fourth-order valence-electron chi connectivity index (χ4n) is 4.98. The number of unbranched alkanes of at least 4 members (excludes halogenated alkanes) is 19. The van der Waals surface area contributed by atoms with E-state index in [9.17, 15) is 22.6 Å². The van der Waals surface area contributed by atoms with Crippen LogP contribution in [0.25, 0.3) is 0 Å². The summed E-state index contributed by atoms with van der Waals surface area (Å²) in [6.07, 6.45) is 25.1. The number of hydrogen-bond acceptors (Lipinski definition) is 5. The van der Waals surface area contributed by atoms with E-state index in [0.29, 0.717) is 19.5 Å². The Labute approximate surface area is 247 Å². The predicted molar refractivity (Wildman–Crippen MR) is 166 cm³/mol. The largest absolute Gasteiger partial charge is 0.465 e. The maximum absolute atomic E-state index is 13.0. The number of esters is 1. The highest BCUT2D eigenvalue weighted by Crippen LogP contribution is 2.15. The molecule has 0 aromatic rings. The summed E-state index contributed by atoms with van der Waals surface area (Å²) in [5, 5.41) is -1.86. The number of hydrogen-bond donors (Lipinski definition) is 1. The van der Waals surface area contributed by atoms with Crippen LogP contribution in [0.5, 0.6) is 0 Å². The Bertz CT molecular complexity index is 712. The minimum absolute atomic E-state index is 0.0896. The van der Waals surface area contributed by atoms with Gasteiger partial charge in [0.25, 0.3) is 10.1 Å². The van der Waals surface area contributed by atoms with Crippen LogP contribution in [0, 0.1) is 0 Å². The Hall–Kier alpha value is -1.15. The summed E-state index contributed by atoms with van der Waals surface area (Å²) in [5.74, 6) is -1.45. The van der Waals surface area contributed by atoms with Gasteiger partial charge in [-0.1, -0.05) is 143 Å². The first-order chi connectivity index (χ1) is 19.3. The predicted octanol–water partition coefficient (Wildman–Crippen LogP) is 8.65. The van der Waals surface area contributed by atoms with Crippen molar-refractivity contribution in [2.75, 3.05) is 19.7 Å². The monoisotopic (exact) mass is 589 g/mol. The van der Waals surface area contributed by atoms with Crippen molar-refractivity contribution in [3.63, 3.8) is 0 Å². The van der Waals surface area contributed by atoms with Gasteiger partial charge in [0.15, 0.2) is 5.25 Å². The maximum Gasteiger partial charge on any atom is 0.327 e. The van der Waals surface area contributed by atoms with Crippen LogP contribution in [0.15, 0.2) is 0 Å². The molecule has 8 heteroatoms. The molecule has 0 spiro atoms. The number of carbonyl (C=O) groups is 2. The molecule has 0 aliphatic carbocycles. The summed E-state index contributed by atoms with van der Waals surface area (Å²) in [7, 11) is -4.73. The van der Waals surface area contributed by atoms with Crippen LogP contribution >= 0.6 is 0 Å². The van der Waals surface area contributed by atoms with Gasteiger partial charge in [-0.2, -0.15) is 8.42 Å². The summed E-state index contributed by atoms with van der Waals surface area (Å²) in [6, 6.07) is 0. The highest BCUT2D eigenvalue weighted by Gasteiger charge is 2.36. The van der Waals surface area contributed by atoms with E-state index in [2.05, 4.69) is 13.8 Å². The zero-order chi connectivity index (χ0) is 29.9. The van der Waals surface area contributed by atoms with Crippen LogP contribution in [0.4, 0.5) is 0 Å². The van der Waals surface area contributed by atoms with Gasteiger partial charge in [-0.25, -0.2) is 0 Å². The average molecular weight is 590 g/mol. The van der Waals surface area contributed by atoms with Gasteiger partial charge < -0.3 is 9.64 Å². The molecular formula is C32H63NO6S. The molecule has 0 saturated heterocycles. The van der Waals surface area contributed by atoms with Crippen molar-refractivity contribution in [1.29, 1.82) is 0 Å². The second kappa shape index (κ2) is 26.7. The molecule has 1 unspecified atom stereocenters. The Morgan fingerprint density at radius 1 is 0.600 bits per heavy atom. The number of ether oxygens (including phenoxy) is 1. The van der Waals surface area contributed by atoms with Crippen molar-refractivity contribution in [3.05, 3.63) is 0 Å². The van der Waals surface area contributed by atoms with Crippen LogP contribution in [0.1, 0.15) is 168 Å². The lowest BCUT2D eigenvalue weighted by molar-refractivity contribution is -0.146. The van der Waals surface area contributed by atoms with Crippen molar-refractivity contribution >= 4 is 22.0 Å². The molecule has 1 N–H and O–H groups in total. The zero-order valence-electron chi connectivity index (χ0n) is 26.3. The lowest BCUT2D eigenvalue weighted by Crippen LogP contribution is -2.40. The van der Waals surface area contributed by atoms with E-state index in [1.807, 2.05) is 6.92 Å². The smallest absolute Gasteiger partial charge is 0.327 e. The van der Waals surface area contributed by atoms with E-state index in [4.69, 9.17) is 4.74 Å². The number of carbonyl (C=O) groups excluding carboxylic acids is 2. The molecule has 0 saturated carbocycles. The minimum Gasteiger partial charge on any atom is -0.465 e. The number of nitrogens with zero attached hydrogens (tertiary/aromatic N) is 1. The first-order valence-corrected chi connectivity index (χ1v) is 18.2. The lowest BCUT2D eigenvalue weighted by atomic mass is 10.0. The molecule has 1 amide bonds. The van der Waals surface area contributed by atoms with Crippen LogP contribution in [-0.4, -0.2) is 54.7 Å². The molecule has 1 atom stereocenters. The van der Waals surface area contributed by atoms with Gasteiger partial charge in [0.2, 0.25) is 5.91 Å². The van der Waals surface area contributed by atoms with Crippen molar-refractivity contribution in [1.82, 2.24) is 4.90 Å². The van der Waals surface area contributed by atoms with E-state index in [1.54, 1.807) is 4.90 Å². The van der Waals surface area contributed by atoms with Gasteiger partial charge in [-0.15, -0.1) is 0 Å². The molecule has 0 aromatic carbocycles. The molecule has 0 aromatic heterocycles. The Balaban J connectivity index is 4.30. The second-order valence-electron chi connectivity index (χ2n) is 11.5. The van der Waals surface area contributed by atoms with Crippen molar-refractivity contribution < 1.29 is 27.3 Å². The summed E-state index contributed by atoms with van der Waals surface area (Å²) < 4.78 is 38.4. The molecule has 0 fully saturated rings. The normalized spacial score (nSPS) is 12.4. The van der Waals surface area contributed by atoms with E-state index >= 15 is 0 Å². The molecular weight excluding hydrogens is 526 g/mol. The third-order valence-electron chi connectivity index (χ3n) is 7.64. The van der Waals surface area contributed by atoms with Crippen LogP contribution < -0.4 is 0 Å². The highest BCUT2D eigenvalue weighted by atomic mass is 32.2. The van der Waals surface area contributed by atoms with E-state index < -0.39 is 33.7 Å². The fraction of sp³-hybridized carbons (Fsp3) is 0.938. The fourth-order valence-corrected chi connectivity index (χ4v) is 5.64. The van der Waals surface area contributed by atoms with Gasteiger partial charge in [0, 0.05) is 13.1 Å². The van der Waals surface area contributed by atoms with E-state index in [0.717, 1.165) is 51.4 Å². The van der Waals surface area contributed by atoms with Gasteiger partial charge in [0.1, 0.15) is 0 Å². The topological polar surface area (TPSA) is 101 Å². The molecule has 0 bridgehead atoms. The first kappa shape index (κ1) is 38.9. The van der Waals surface area contributed by atoms with Crippen LogP contribution in [-0.2, 0) is 24.4 Å². The average Bonchev–Trinajstić information content (AvgIpc) is 2.92. The summed E-state index contributed by atoms with van der Waals surface area (Å²) in [6.45, 7) is 7.53. The van der Waals surface area contributed by atoms with Crippen molar-refractivity contribution in [3.8, 4) is 0 Å². The summed E-state index contributed by atoms with van der Waals surface area (Å²) in [5.41, 5.74) is 0. The SMILES string of the molecule is CCCCCCCCCCCCCCCCCCN(CCCCC)C(=O)CC(C(=O)OCCCCC)S(=O)(=O)O. The van der Waals surface area contributed by atoms with Gasteiger partial charge in [-0.05, 0) is 19.3 Å². The number of amides is 1. The summed E-state index contributed by atoms with van der Waals surface area (Å²) in [4.78, 5) is 27.0. The van der Waals surface area contributed by atoms with Crippen molar-refractivity contribution in [2.24, 2.45) is 0 Å². The molecule has 40 heavy (non-hydrogen) atoms. The number of rotatable bonds is 29. The quantitative estimate of drug-likeness (QED) is 0.0532. The van der Waals surface area contributed by atoms with Gasteiger partial charge in [0.05, 0.1) is 13.0 Å². The van der Waals surface area contributed by atoms with Crippen molar-refractivity contribution in [2.45, 2.75) is 174 Å². The Kier molecular flexibility index (Phi) is 26.0. The highest BCUT2D eigenvalue weighted by molar-refractivity contribution is 7.87.